The second kappa shape index (κ2) is 3.44. The third-order valence-corrected chi connectivity index (χ3v) is 2.10. The van der Waals surface area contributed by atoms with Crippen molar-refractivity contribution in [1.29, 1.82) is 0 Å². The maximum Gasteiger partial charge on any atom is 0.152 e. The van der Waals surface area contributed by atoms with E-state index in [2.05, 4.69) is 4.98 Å². The molecule has 2 nitrogen and oxygen atoms in total. The van der Waals surface area contributed by atoms with Crippen molar-refractivity contribution in [2.75, 3.05) is 0 Å². The second-order valence-corrected chi connectivity index (χ2v) is 3.17. The second-order valence-electron chi connectivity index (χ2n) is 2.28. The van der Waals surface area contributed by atoms with Gasteiger partial charge in [0.15, 0.2) is 5.78 Å². The Hall–Kier alpha value is -0.960. The van der Waals surface area contributed by atoms with Gasteiger partial charge in [-0.1, -0.05) is 0 Å². The molecule has 0 atom stereocenters. The van der Waals surface area contributed by atoms with Crippen LogP contribution in [0.2, 0.25) is 0 Å². The molecule has 0 unspecified atom stereocenters. The smallest absolute Gasteiger partial charge is 0.152 e. The summed E-state index contributed by atoms with van der Waals surface area (Å²) < 4.78 is 0. The first-order valence-electron chi connectivity index (χ1n) is 3.29. The van der Waals surface area contributed by atoms with Gasteiger partial charge in [-0.15, -0.1) is 11.3 Å². The Balaban J connectivity index is 2.86. The molecule has 58 valence electrons. The minimum Gasteiger partial charge on any atom is -0.295 e. The molecule has 0 radical (unpaired) electrons. The number of carbonyl (C=O) groups excluding carboxylic acids is 1. The number of aromatic nitrogens is 1. The zero-order chi connectivity index (χ0) is 8.27. The average Bonchev–Trinajstić information content (AvgIpc) is 2.35. The lowest BCUT2D eigenvalue weighted by Gasteiger charge is -1.90. The van der Waals surface area contributed by atoms with Gasteiger partial charge in [0, 0.05) is 11.6 Å². The molecule has 11 heavy (non-hydrogen) atoms. The van der Waals surface area contributed by atoms with Gasteiger partial charge in [-0.2, -0.15) is 0 Å². The summed E-state index contributed by atoms with van der Waals surface area (Å²) in [7, 11) is 0. The summed E-state index contributed by atoms with van der Waals surface area (Å²) >= 11 is 1.54. The number of hydrogen-bond donors (Lipinski definition) is 0. The fourth-order valence-electron chi connectivity index (χ4n) is 0.785. The number of rotatable bonds is 2. The van der Waals surface area contributed by atoms with E-state index in [4.69, 9.17) is 0 Å². The van der Waals surface area contributed by atoms with Gasteiger partial charge in [0.2, 0.25) is 0 Å². The number of allylic oxidation sites excluding steroid dienone is 2. The SMILES string of the molecule is CC(=O)/C=C(/C)c1nccs1. The van der Waals surface area contributed by atoms with E-state index >= 15 is 0 Å². The molecular formula is C8H9NOS. The number of nitrogens with zero attached hydrogens (tertiary/aromatic N) is 1. The van der Waals surface area contributed by atoms with Crippen LogP contribution in [0, 0.1) is 0 Å². The van der Waals surface area contributed by atoms with Gasteiger partial charge in [0.1, 0.15) is 5.01 Å². The Kier molecular flexibility index (Phi) is 2.54. The van der Waals surface area contributed by atoms with Crippen LogP contribution in [0.4, 0.5) is 0 Å². The quantitative estimate of drug-likeness (QED) is 0.631. The molecule has 1 heterocycles. The Morgan fingerprint density at radius 3 is 2.82 bits per heavy atom. The molecule has 3 heteroatoms. The molecule has 1 rings (SSSR count). The molecule has 1 aromatic rings. The van der Waals surface area contributed by atoms with E-state index in [0.29, 0.717) is 0 Å². The van der Waals surface area contributed by atoms with Crippen LogP contribution in [0.1, 0.15) is 18.9 Å². The van der Waals surface area contributed by atoms with Crippen molar-refractivity contribution in [3.8, 4) is 0 Å². The fourth-order valence-corrected chi connectivity index (χ4v) is 1.40. The van der Waals surface area contributed by atoms with Gasteiger partial charge in [-0.25, -0.2) is 4.98 Å². The predicted molar refractivity (Wildman–Crippen MR) is 46.4 cm³/mol. The lowest BCUT2D eigenvalue weighted by Crippen LogP contribution is -1.84. The highest BCUT2D eigenvalue weighted by molar-refractivity contribution is 7.10. The molecule has 0 aromatic carbocycles. The lowest BCUT2D eigenvalue weighted by atomic mass is 10.2. The molecule has 0 aliphatic rings. The Labute approximate surface area is 69.6 Å². The van der Waals surface area contributed by atoms with Crippen molar-refractivity contribution in [2.45, 2.75) is 13.8 Å². The van der Waals surface area contributed by atoms with Crippen molar-refractivity contribution in [1.82, 2.24) is 4.98 Å². The average molecular weight is 167 g/mol. The first kappa shape index (κ1) is 8.14. The summed E-state index contributed by atoms with van der Waals surface area (Å²) in [6, 6.07) is 0. The number of hydrogen-bond acceptors (Lipinski definition) is 3. The molecule has 0 aliphatic heterocycles. The van der Waals surface area contributed by atoms with Gasteiger partial charge in [-0.05, 0) is 25.5 Å². The van der Waals surface area contributed by atoms with Crippen molar-refractivity contribution in [2.24, 2.45) is 0 Å². The molecule has 0 saturated carbocycles. The van der Waals surface area contributed by atoms with E-state index in [1.807, 2.05) is 12.3 Å². The number of ketones is 1. The van der Waals surface area contributed by atoms with Gasteiger partial charge >= 0.3 is 0 Å². The topological polar surface area (TPSA) is 30.0 Å². The van der Waals surface area contributed by atoms with E-state index in [9.17, 15) is 4.79 Å². The highest BCUT2D eigenvalue weighted by Crippen LogP contribution is 2.15. The first-order valence-corrected chi connectivity index (χ1v) is 4.17. The Morgan fingerprint density at radius 2 is 2.36 bits per heavy atom. The molecular weight excluding hydrogens is 158 g/mol. The van der Waals surface area contributed by atoms with Crippen molar-refractivity contribution in [3.05, 3.63) is 22.7 Å². The molecule has 0 aliphatic carbocycles. The molecule has 1 aromatic heterocycles. The zero-order valence-electron chi connectivity index (χ0n) is 6.50. The normalized spacial score (nSPS) is 11.6. The van der Waals surface area contributed by atoms with Crippen LogP contribution in [0.5, 0.6) is 0 Å². The Bertz CT molecular complexity index is 274. The van der Waals surface area contributed by atoms with Crippen LogP contribution < -0.4 is 0 Å². The van der Waals surface area contributed by atoms with E-state index in [1.165, 1.54) is 6.92 Å². The van der Waals surface area contributed by atoms with Crippen LogP contribution in [-0.2, 0) is 4.79 Å². The zero-order valence-corrected chi connectivity index (χ0v) is 7.31. The summed E-state index contributed by atoms with van der Waals surface area (Å²) in [6.45, 7) is 3.43. The summed E-state index contributed by atoms with van der Waals surface area (Å²) in [5.41, 5.74) is 0.938. The van der Waals surface area contributed by atoms with Crippen molar-refractivity contribution in [3.63, 3.8) is 0 Å². The number of thiazole rings is 1. The summed E-state index contributed by atoms with van der Waals surface area (Å²) in [4.78, 5) is 14.7. The maximum absolute atomic E-state index is 10.6. The first-order chi connectivity index (χ1) is 5.20. The van der Waals surface area contributed by atoms with E-state index in [-0.39, 0.29) is 5.78 Å². The van der Waals surface area contributed by atoms with E-state index in [0.717, 1.165) is 10.6 Å². The lowest BCUT2D eigenvalue weighted by molar-refractivity contribution is -0.112. The van der Waals surface area contributed by atoms with Crippen molar-refractivity contribution >= 4 is 22.7 Å². The predicted octanol–water partition coefficient (Wildman–Crippen LogP) is 2.14. The van der Waals surface area contributed by atoms with Crippen LogP contribution in [0.15, 0.2) is 17.7 Å². The largest absolute Gasteiger partial charge is 0.295 e. The molecule has 0 N–H and O–H groups in total. The number of carbonyl (C=O) groups is 1. The summed E-state index contributed by atoms with van der Waals surface area (Å²) in [6.07, 6.45) is 3.33. The van der Waals surface area contributed by atoms with Gasteiger partial charge in [0.05, 0.1) is 0 Å². The molecule has 0 amide bonds. The van der Waals surface area contributed by atoms with Crippen LogP contribution in [-0.4, -0.2) is 10.8 Å². The van der Waals surface area contributed by atoms with E-state index < -0.39 is 0 Å². The molecule has 0 bridgehead atoms. The van der Waals surface area contributed by atoms with Gasteiger partial charge < -0.3 is 0 Å². The fraction of sp³-hybridized carbons (Fsp3) is 0.250. The van der Waals surface area contributed by atoms with Crippen LogP contribution in [0.3, 0.4) is 0 Å². The minimum atomic E-state index is 0.0673. The minimum absolute atomic E-state index is 0.0673. The van der Waals surface area contributed by atoms with Crippen LogP contribution >= 0.6 is 11.3 Å². The van der Waals surface area contributed by atoms with Crippen LogP contribution in [0.25, 0.3) is 5.57 Å². The third-order valence-electron chi connectivity index (χ3n) is 1.19. The Morgan fingerprint density at radius 1 is 1.64 bits per heavy atom. The van der Waals surface area contributed by atoms with Crippen molar-refractivity contribution < 1.29 is 4.79 Å². The standard InChI is InChI=1S/C8H9NOS/c1-6(5-7(2)10)8-9-3-4-11-8/h3-5H,1-2H3/b6-5-. The van der Waals surface area contributed by atoms with E-state index in [1.54, 1.807) is 23.6 Å². The van der Waals surface area contributed by atoms with Gasteiger partial charge in [0.25, 0.3) is 0 Å². The molecule has 0 spiro atoms. The molecule has 0 saturated heterocycles. The highest BCUT2D eigenvalue weighted by Gasteiger charge is 1.97. The summed E-state index contributed by atoms with van der Waals surface area (Å²) in [5, 5.41) is 2.81. The maximum atomic E-state index is 10.6. The van der Waals surface area contributed by atoms with Gasteiger partial charge in [-0.3, -0.25) is 4.79 Å². The highest BCUT2D eigenvalue weighted by atomic mass is 32.1. The third kappa shape index (κ3) is 2.27. The molecule has 0 fully saturated rings. The summed E-state index contributed by atoms with van der Waals surface area (Å²) in [5.74, 6) is 0.0673. The monoisotopic (exact) mass is 167 g/mol.